The fourth-order valence-electron chi connectivity index (χ4n) is 3.85. The second-order valence-corrected chi connectivity index (χ2v) is 8.47. The van der Waals surface area contributed by atoms with Crippen LogP contribution in [0.25, 0.3) is 21.6 Å². The molecule has 0 unspecified atom stereocenters. The van der Waals surface area contributed by atoms with Gasteiger partial charge < -0.3 is 9.80 Å². The number of aromatic nitrogens is 2. The fourth-order valence-corrected chi connectivity index (χ4v) is 4.73. The van der Waals surface area contributed by atoms with Crippen LogP contribution in [-0.4, -0.2) is 36.1 Å². The minimum absolute atomic E-state index is 0.162. The van der Waals surface area contributed by atoms with Gasteiger partial charge in [-0.05, 0) is 25.1 Å². The Bertz CT molecular complexity index is 1150. The van der Waals surface area contributed by atoms with E-state index in [1.54, 1.807) is 17.4 Å². The summed E-state index contributed by atoms with van der Waals surface area (Å²) < 4.78 is 14.2. The molecular formula is C23H21FN4S. The summed E-state index contributed by atoms with van der Waals surface area (Å²) in [6, 6.07) is 19.3. The lowest BCUT2D eigenvalue weighted by Crippen LogP contribution is -2.47. The quantitative estimate of drug-likeness (QED) is 0.474. The van der Waals surface area contributed by atoms with E-state index in [1.807, 2.05) is 42.5 Å². The summed E-state index contributed by atoms with van der Waals surface area (Å²) in [5.41, 5.74) is 1.70. The highest BCUT2D eigenvalue weighted by Gasteiger charge is 2.23. The van der Waals surface area contributed by atoms with Crippen molar-refractivity contribution in [3.8, 4) is 11.4 Å². The van der Waals surface area contributed by atoms with E-state index in [2.05, 4.69) is 22.8 Å². The van der Waals surface area contributed by atoms with Crippen LogP contribution in [0.4, 0.5) is 15.9 Å². The summed E-state index contributed by atoms with van der Waals surface area (Å²) in [6.07, 6.45) is 0. The molecule has 2 aromatic carbocycles. The summed E-state index contributed by atoms with van der Waals surface area (Å²) >= 11 is 1.70. The van der Waals surface area contributed by atoms with Crippen LogP contribution >= 0.6 is 11.3 Å². The molecule has 2 aromatic heterocycles. The highest BCUT2D eigenvalue weighted by Crippen LogP contribution is 2.34. The van der Waals surface area contributed by atoms with E-state index < -0.39 is 0 Å². The maximum atomic E-state index is 14.2. The number of fused-ring (bicyclic) bond motifs is 1. The second-order valence-electron chi connectivity index (χ2n) is 7.24. The monoisotopic (exact) mass is 404 g/mol. The van der Waals surface area contributed by atoms with Gasteiger partial charge in [-0.1, -0.05) is 42.5 Å². The molecule has 0 radical (unpaired) electrons. The Hall–Kier alpha value is -2.99. The highest BCUT2D eigenvalue weighted by atomic mass is 32.1. The van der Waals surface area contributed by atoms with Crippen LogP contribution < -0.4 is 9.80 Å². The first-order valence-corrected chi connectivity index (χ1v) is 10.6. The van der Waals surface area contributed by atoms with E-state index in [4.69, 9.17) is 9.97 Å². The van der Waals surface area contributed by atoms with Crippen molar-refractivity contribution in [3.63, 3.8) is 0 Å². The Balaban J connectivity index is 1.48. The topological polar surface area (TPSA) is 32.3 Å². The SMILES string of the molecule is Cc1cc2c(N3CCN(c4ccccc4F)CC3)nc(-c3ccccc3)nc2s1. The first-order valence-electron chi connectivity index (χ1n) is 9.77. The summed E-state index contributed by atoms with van der Waals surface area (Å²) in [5.74, 6) is 1.57. The molecule has 1 fully saturated rings. The van der Waals surface area contributed by atoms with Crippen molar-refractivity contribution >= 4 is 33.1 Å². The lowest BCUT2D eigenvalue weighted by molar-refractivity contribution is 0.597. The number of piperazine rings is 1. The van der Waals surface area contributed by atoms with Crippen molar-refractivity contribution < 1.29 is 4.39 Å². The van der Waals surface area contributed by atoms with Crippen molar-refractivity contribution in [1.82, 2.24) is 9.97 Å². The summed E-state index contributed by atoms with van der Waals surface area (Å²) in [6.45, 7) is 5.22. The molecule has 29 heavy (non-hydrogen) atoms. The largest absolute Gasteiger partial charge is 0.366 e. The molecule has 146 valence electrons. The molecule has 6 heteroatoms. The van der Waals surface area contributed by atoms with E-state index in [-0.39, 0.29) is 5.82 Å². The van der Waals surface area contributed by atoms with Gasteiger partial charge in [0.2, 0.25) is 0 Å². The van der Waals surface area contributed by atoms with Gasteiger partial charge in [-0.2, -0.15) is 0 Å². The number of anilines is 2. The van der Waals surface area contributed by atoms with Crippen LogP contribution in [0.1, 0.15) is 4.88 Å². The molecule has 4 nitrogen and oxygen atoms in total. The average molecular weight is 405 g/mol. The predicted molar refractivity (Wildman–Crippen MR) is 118 cm³/mol. The molecule has 0 spiro atoms. The number of hydrogen-bond donors (Lipinski definition) is 0. The van der Waals surface area contributed by atoms with Gasteiger partial charge in [-0.25, -0.2) is 14.4 Å². The molecule has 0 bridgehead atoms. The van der Waals surface area contributed by atoms with Crippen molar-refractivity contribution in [1.29, 1.82) is 0 Å². The third kappa shape index (κ3) is 3.44. The van der Waals surface area contributed by atoms with E-state index in [9.17, 15) is 4.39 Å². The molecule has 4 aromatic rings. The van der Waals surface area contributed by atoms with Crippen LogP contribution in [-0.2, 0) is 0 Å². The van der Waals surface area contributed by atoms with Crippen LogP contribution in [0.15, 0.2) is 60.7 Å². The molecule has 3 heterocycles. The predicted octanol–water partition coefficient (Wildman–Crippen LogP) is 5.13. The zero-order valence-electron chi connectivity index (χ0n) is 16.2. The average Bonchev–Trinajstić information content (AvgIpc) is 3.14. The van der Waals surface area contributed by atoms with E-state index in [0.29, 0.717) is 5.69 Å². The lowest BCUT2D eigenvalue weighted by atomic mass is 10.2. The number of aryl methyl sites for hydroxylation is 1. The zero-order chi connectivity index (χ0) is 19.8. The minimum Gasteiger partial charge on any atom is -0.366 e. The Morgan fingerprint density at radius 3 is 2.31 bits per heavy atom. The number of halogens is 1. The van der Waals surface area contributed by atoms with Gasteiger partial charge in [-0.3, -0.25) is 0 Å². The number of hydrogen-bond acceptors (Lipinski definition) is 5. The van der Waals surface area contributed by atoms with Crippen molar-refractivity contribution in [3.05, 3.63) is 71.4 Å². The molecule has 1 aliphatic heterocycles. The van der Waals surface area contributed by atoms with Crippen LogP contribution in [0, 0.1) is 12.7 Å². The minimum atomic E-state index is -0.162. The smallest absolute Gasteiger partial charge is 0.163 e. The molecule has 0 atom stereocenters. The highest BCUT2D eigenvalue weighted by molar-refractivity contribution is 7.18. The molecule has 0 amide bonds. The van der Waals surface area contributed by atoms with Gasteiger partial charge in [-0.15, -0.1) is 11.3 Å². The van der Waals surface area contributed by atoms with E-state index >= 15 is 0 Å². The van der Waals surface area contributed by atoms with E-state index in [1.165, 1.54) is 10.9 Å². The van der Waals surface area contributed by atoms with Gasteiger partial charge >= 0.3 is 0 Å². The lowest BCUT2D eigenvalue weighted by Gasteiger charge is -2.37. The Labute approximate surface area is 173 Å². The Morgan fingerprint density at radius 1 is 0.862 bits per heavy atom. The normalized spacial score (nSPS) is 14.6. The summed E-state index contributed by atoms with van der Waals surface area (Å²) in [5, 5.41) is 1.10. The molecule has 0 aliphatic carbocycles. The van der Waals surface area contributed by atoms with Crippen molar-refractivity contribution in [2.24, 2.45) is 0 Å². The zero-order valence-corrected chi connectivity index (χ0v) is 17.0. The maximum absolute atomic E-state index is 14.2. The summed E-state index contributed by atoms with van der Waals surface area (Å²) in [4.78, 5) is 16.4. The Kier molecular flexibility index (Phi) is 4.64. The Morgan fingerprint density at radius 2 is 1.55 bits per heavy atom. The second kappa shape index (κ2) is 7.44. The standard InChI is InChI=1S/C23H21FN4S/c1-16-15-18-22(25-21(26-23(18)29-16)17-7-3-2-4-8-17)28-13-11-27(12-14-28)20-10-6-5-9-19(20)24/h2-10,15H,11-14H2,1H3. The number of benzene rings is 2. The first-order chi connectivity index (χ1) is 14.2. The third-order valence-corrected chi connectivity index (χ3v) is 6.24. The molecule has 1 saturated heterocycles. The molecule has 0 saturated carbocycles. The molecular weight excluding hydrogens is 383 g/mol. The van der Waals surface area contributed by atoms with Crippen LogP contribution in [0.3, 0.4) is 0 Å². The van der Waals surface area contributed by atoms with Gasteiger partial charge in [0.15, 0.2) is 5.82 Å². The number of nitrogens with zero attached hydrogens (tertiary/aromatic N) is 4. The van der Waals surface area contributed by atoms with Gasteiger partial charge in [0.1, 0.15) is 16.5 Å². The molecule has 0 N–H and O–H groups in total. The first kappa shape index (κ1) is 18.1. The van der Waals surface area contributed by atoms with Gasteiger partial charge in [0, 0.05) is 36.6 Å². The van der Waals surface area contributed by atoms with Crippen LogP contribution in [0.2, 0.25) is 0 Å². The van der Waals surface area contributed by atoms with Crippen LogP contribution in [0.5, 0.6) is 0 Å². The molecule has 5 rings (SSSR count). The molecule has 1 aliphatic rings. The van der Waals surface area contributed by atoms with Crippen molar-refractivity contribution in [2.75, 3.05) is 36.0 Å². The van der Waals surface area contributed by atoms with E-state index in [0.717, 1.165) is 53.6 Å². The summed E-state index contributed by atoms with van der Waals surface area (Å²) in [7, 11) is 0. The van der Waals surface area contributed by atoms with Gasteiger partial charge in [0.05, 0.1) is 11.1 Å². The van der Waals surface area contributed by atoms with Gasteiger partial charge in [0.25, 0.3) is 0 Å². The number of rotatable bonds is 3. The fraction of sp³-hybridized carbons (Fsp3) is 0.217. The van der Waals surface area contributed by atoms with Crippen molar-refractivity contribution in [2.45, 2.75) is 6.92 Å². The number of para-hydroxylation sites is 1. The maximum Gasteiger partial charge on any atom is 0.163 e. The number of thiophene rings is 1. The third-order valence-electron chi connectivity index (χ3n) is 5.30.